The van der Waals surface area contributed by atoms with Crippen LogP contribution in [0.25, 0.3) is 10.9 Å². The number of hydrogen-bond acceptors (Lipinski definition) is 5. The summed E-state index contributed by atoms with van der Waals surface area (Å²) in [4.78, 5) is 51.8. The number of nitrogens with one attached hydrogen (secondary N) is 1. The summed E-state index contributed by atoms with van der Waals surface area (Å²) in [7, 11) is 0. The number of carbonyl (C=O) groups is 3. The lowest BCUT2D eigenvalue weighted by molar-refractivity contribution is -0.147. The Labute approximate surface area is 154 Å². The van der Waals surface area contributed by atoms with Crippen LogP contribution in [0.5, 0.6) is 0 Å². The van der Waals surface area contributed by atoms with E-state index in [4.69, 9.17) is 10.2 Å². The van der Waals surface area contributed by atoms with Crippen LogP contribution in [0, 0.1) is 5.92 Å². The number of amides is 1. The number of benzene rings is 1. The molecule has 0 radical (unpaired) electrons. The lowest BCUT2D eigenvalue weighted by Gasteiger charge is -2.23. The van der Waals surface area contributed by atoms with Gasteiger partial charge in [-0.1, -0.05) is 26.0 Å². The second kappa shape index (κ2) is 8.43. The first kappa shape index (κ1) is 20.1. The van der Waals surface area contributed by atoms with Crippen molar-refractivity contribution in [3.05, 3.63) is 40.9 Å². The van der Waals surface area contributed by atoms with Crippen LogP contribution in [0.2, 0.25) is 0 Å². The van der Waals surface area contributed by atoms with Gasteiger partial charge in [-0.15, -0.1) is 0 Å². The molecule has 0 saturated heterocycles. The van der Waals surface area contributed by atoms with Gasteiger partial charge in [0, 0.05) is 0 Å². The molecule has 0 spiro atoms. The van der Waals surface area contributed by atoms with Crippen molar-refractivity contribution in [1.82, 2.24) is 14.9 Å². The average Bonchev–Trinajstić information content (AvgIpc) is 2.59. The van der Waals surface area contributed by atoms with E-state index in [0.29, 0.717) is 10.9 Å². The van der Waals surface area contributed by atoms with Crippen LogP contribution >= 0.6 is 0 Å². The van der Waals surface area contributed by atoms with Crippen LogP contribution in [-0.2, 0) is 14.4 Å². The minimum Gasteiger partial charge on any atom is -0.481 e. The summed E-state index contributed by atoms with van der Waals surface area (Å²) >= 11 is 0. The zero-order chi connectivity index (χ0) is 20.1. The fourth-order valence-electron chi connectivity index (χ4n) is 2.74. The summed E-state index contributed by atoms with van der Waals surface area (Å²) in [5, 5.41) is 20.5. The first-order chi connectivity index (χ1) is 12.7. The molecule has 0 aliphatic heterocycles. The van der Waals surface area contributed by atoms with Crippen LogP contribution in [-0.4, -0.2) is 43.7 Å². The Hall–Kier alpha value is -3.23. The highest BCUT2D eigenvalue weighted by Crippen LogP contribution is 2.18. The van der Waals surface area contributed by atoms with E-state index < -0.39 is 41.9 Å². The Morgan fingerprint density at radius 2 is 1.85 bits per heavy atom. The van der Waals surface area contributed by atoms with Crippen LogP contribution in [0.15, 0.2) is 35.4 Å². The number of para-hydroxylation sites is 1. The molecule has 0 fully saturated rings. The first-order valence-corrected chi connectivity index (χ1v) is 8.41. The maximum absolute atomic E-state index is 12.8. The summed E-state index contributed by atoms with van der Waals surface area (Å²) in [5.74, 6) is -3.54. The maximum atomic E-state index is 12.8. The van der Waals surface area contributed by atoms with E-state index in [0.717, 1.165) is 4.57 Å². The molecule has 2 unspecified atom stereocenters. The Kier molecular flexibility index (Phi) is 6.27. The van der Waals surface area contributed by atoms with Crippen LogP contribution in [0.4, 0.5) is 0 Å². The standard InChI is InChI=1S/C18H21N3O6/c1-10(2)7-14(16(24)20-13(18(26)27)8-15(22)23)21-9-19-12-6-4-3-5-11(12)17(21)25/h3-6,9-10,13-14H,7-8H2,1-2H3,(H,20,24)(H,22,23)(H,26,27). The molecule has 2 rings (SSSR count). The second-order valence-corrected chi connectivity index (χ2v) is 6.62. The molecule has 27 heavy (non-hydrogen) atoms. The molecular weight excluding hydrogens is 354 g/mol. The lowest BCUT2D eigenvalue weighted by atomic mass is 10.0. The number of nitrogens with zero attached hydrogens (tertiary/aromatic N) is 2. The number of carbonyl (C=O) groups excluding carboxylic acids is 1. The summed E-state index contributed by atoms with van der Waals surface area (Å²) in [5.41, 5.74) is 0.0586. The number of carboxylic acids is 2. The van der Waals surface area contributed by atoms with Gasteiger partial charge in [0.05, 0.1) is 23.7 Å². The Morgan fingerprint density at radius 1 is 1.19 bits per heavy atom. The van der Waals surface area contributed by atoms with Crippen molar-refractivity contribution in [1.29, 1.82) is 0 Å². The third-order valence-corrected chi connectivity index (χ3v) is 4.02. The lowest BCUT2D eigenvalue weighted by Crippen LogP contribution is -2.47. The molecule has 3 N–H and O–H groups in total. The smallest absolute Gasteiger partial charge is 0.326 e. The molecule has 9 heteroatoms. The van der Waals surface area contributed by atoms with Crippen LogP contribution in [0.1, 0.15) is 32.7 Å². The van der Waals surface area contributed by atoms with Crippen molar-refractivity contribution in [2.75, 3.05) is 0 Å². The molecule has 1 heterocycles. The zero-order valence-corrected chi connectivity index (χ0v) is 15.0. The third kappa shape index (κ3) is 4.90. The Bertz CT molecular complexity index is 921. The molecule has 0 aliphatic carbocycles. The van der Waals surface area contributed by atoms with Gasteiger partial charge in [-0.05, 0) is 24.5 Å². The van der Waals surface area contributed by atoms with Gasteiger partial charge < -0.3 is 15.5 Å². The number of carboxylic acid groups (broad SMARTS) is 2. The van der Waals surface area contributed by atoms with Crippen molar-refractivity contribution in [3.63, 3.8) is 0 Å². The molecule has 0 bridgehead atoms. The van der Waals surface area contributed by atoms with E-state index >= 15 is 0 Å². The number of aromatic nitrogens is 2. The summed E-state index contributed by atoms with van der Waals surface area (Å²) in [6, 6.07) is 4.09. The topological polar surface area (TPSA) is 139 Å². The van der Waals surface area contributed by atoms with Crippen molar-refractivity contribution in [3.8, 4) is 0 Å². The molecular formula is C18H21N3O6. The number of aliphatic carboxylic acids is 2. The second-order valence-electron chi connectivity index (χ2n) is 6.62. The predicted octanol–water partition coefficient (Wildman–Crippen LogP) is 1.03. The highest BCUT2D eigenvalue weighted by atomic mass is 16.4. The van der Waals surface area contributed by atoms with Gasteiger partial charge >= 0.3 is 11.9 Å². The van der Waals surface area contributed by atoms with Gasteiger partial charge in [0.15, 0.2) is 0 Å². The van der Waals surface area contributed by atoms with Gasteiger partial charge in [0.25, 0.3) is 5.56 Å². The van der Waals surface area contributed by atoms with Crippen molar-refractivity contribution in [2.45, 2.75) is 38.8 Å². The van der Waals surface area contributed by atoms with Crippen molar-refractivity contribution >= 4 is 28.7 Å². The van der Waals surface area contributed by atoms with E-state index in [9.17, 15) is 19.2 Å². The summed E-state index contributed by atoms with van der Waals surface area (Å²) < 4.78 is 1.16. The highest BCUT2D eigenvalue weighted by Gasteiger charge is 2.29. The van der Waals surface area contributed by atoms with Gasteiger partial charge in [-0.2, -0.15) is 0 Å². The van der Waals surface area contributed by atoms with Gasteiger partial charge in [0.2, 0.25) is 5.91 Å². The van der Waals surface area contributed by atoms with Gasteiger partial charge in [-0.25, -0.2) is 9.78 Å². The van der Waals surface area contributed by atoms with E-state index in [2.05, 4.69) is 10.3 Å². The van der Waals surface area contributed by atoms with Crippen molar-refractivity contribution < 1.29 is 24.6 Å². The molecule has 2 aromatic rings. The minimum absolute atomic E-state index is 0.0156. The molecule has 1 amide bonds. The molecule has 9 nitrogen and oxygen atoms in total. The van der Waals surface area contributed by atoms with Crippen LogP contribution in [0.3, 0.4) is 0 Å². The normalized spacial score (nSPS) is 13.3. The molecule has 144 valence electrons. The summed E-state index contributed by atoms with van der Waals surface area (Å²) in [6.45, 7) is 3.71. The molecule has 0 saturated carbocycles. The van der Waals surface area contributed by atoms with Crippen molar-refractivity contribution in [2.24, 2.45) is 5.92 Å². The van der Waals surface area contributed by atoms with E-state index in [1.807, 2.05) is 13.8 Å². The molecule has 0 aliphatic rings. The van der Waals surface area contributed by atoms with Crippen LogP contribution < -0.4 is 10.9 Å². The number of fused-ring (bicyclic) bond motifs is 1. The van der Waals surface area contributed by atoms with E-state index in [-0.39, 0.29) is 12.3 Å². The number of rotatable bonds is 8. The monoisotopic (exact) mass is 375 g/mol. The molecule has 1 aromatic carbocycles. The number of hydrogen-bond donors (Lipinski definition) is 3. The predicted molar refractivity (Wildman–Crippen MR) is 96.3 cm³/mol. The van der Waals surface area contributed by atoms with E-state index in [1.165, 1.54) is 6.33 Å². The van der Waals surface area contributed by atoms with Gasteiger partial charge in [-0.3, -0.25) is 19.0 Å². The molecule has 2 atom stereocenters. The Morgan fingerprint density at radius 3 is 2.44 bits per heavy atom. The largest absolute Gasteiger partial charge is 0.481 e. The Balaban J connectivity index is 2.41. The zero-order valence-electron chi connectivity index (χ0n) is 15.0. The fourth-order valence-corrected chi connectivity index (χ4v) is 2.74. The quantitative estimate of drug-likeness (QED) is 0.626. The summed E-state index contributed by atoms with van der Waals surface area (Å²) in [6.07, 6.45) is 0.746. The minimum atomic E-state index is -1.59. The average molecular weight is 375 g/mol. The van der Waals surface area contributed by atoms with E-state index in [1.54, 1.807) is 24.3 Å². The molecule has 1 aromatic heterocycles. The van der Waals surface area contributed by atoms with Gasteiger partial charge in [0.1, 0.15) is 12.1 Å². The first-order valence-electron chi connectivity index (χ1n) is 8.41. The fraction of sp³-hybridized carbons (Fsp3) is 0.389. The SMILES string of the molecule is CC(C)CC(C(=O)NC(CC(=O)O)C(=O)O)n1cnc2ccccc2c1=O. The highest BCUT2D eigenvalue weighted by molar-refractivity contribution is 5.88. The third-order valence-electron chi connectivity index (χ3n) is 4.02. The maximum Gasteiger partial charge on any atom is 0.326 e.